The Kier molecular flexibility index (Phi) is 3.83. The van der Waals surface area contributed by atoms with Gasteiger partial charge in [-0.1, -0.05) is 0 Å². The van der Waals surface area contributed by atoms with Crippen LogP contribution in [-0.2, 0) is 4.79 Å². The standard InChI is InChI=1S/C12H16N2O.K/c13-7-14-11(15)12-4-8-1-9(5-12)3-10(2-8)6-12;/h8-10H,1-6H2,(H,14,15);. The Balaban J connectivity index is 0.000000963. The van der Waals surface area contributed by atoms with Gasteiger partial charge in [0.05, 0.1) is 5.41 Å². The molecule has 1 amide bonds. The van der Waals surface area contributed by atoms with Crippen LogP contribution in [0.15, 0.2) is 0 Å². The average molecular weight is 243 g/mol. The van der Waals surface area contributed by atoms with E-state index in [0.29, 0.717) is 0 Å². The van der Waals surface area contributed by atoms with E-state index in [0.717, 1.165) is 37.0 Å². The van der Waals surface area contributed by atoms with E-state index in [2.05, 4.69) is 5.32 Å². The summed E-state index contributed by atoms with van der Waals surface area (Å²) in [5.74, 6) is 2.30. The van der Waals surface area contributed by atoms with Crippen molar-refractivity contribution in [3.8, 4) is 6.19 Å². The summed E-state index contributed by atoms with van der Waals surface area (Å²) in [6, 6.07) is 0. The molecule has 4 aliphatic rings. The molecule has 4 saturated carbocycles. The minimum Gasteiger partial charge on any atom is -0.273 e. The maximum atomic E-state index is 12.0. The number of nitrogens with zero attached hydrogens (tertiary/aromatic N) is 1. The van der Waals surface area contributed by atoms with Crippen molar-refractivity contribution in [1.29, 1.82) is 5.26 Å². The molecule has 4 fully saturated rings. The monoisotopic (exact) mass is 243 g/mol. The van der Waals surface area contributed by atoms with Crippen molar-refractivity contribution in [2.75, 3.05) is 0 Å². The number of amides is 1. The van der Waals surface area contributed by atoms with Gasteiger partial charge in [0.2, 0.25) is 5.91 Å². The van der Waals surface area contributed by atoms with Crippen LogP contribution in [0.3, 0.4) is 0 Å². The summed E-state index contributed by atoms with van der Waals surface area (Å²) in [4.78, 5) is 12.0. The van der Waals surface area contributed by atoms with Crippen molar-refractivity contribution in [3.63, 3.8) is 0 Å². The average Bonchev–Trinajstić information content (AvgIpc) is 2.15. The third kappa shape index (κ3) is 2.01. The molecule has 4 aliphatic carbocycles. The molecule has 4 bridgehead atoms. The number of hydrogen-bond acceptors (Lipinski definition) is 2. The zero-order chi connectivity index (χ0) is 10.5. The molecule has 4 rings (SSSR count). The molecule has 0 aromatic heterocycles. The van der Waals surface area contributed by atoms with Gasteiger partial charge in [0.1, 0.15) is 0 Å². The van der Waals surface area contributed by atoms with E-state index < -0.39 is 0 Å². The summed E-state index contributed by atoms with van der Waals surface area (Å²) in [5.41, 5.74) is -0.162. The summed E-state index contributed by atoms with van der Waals surface area (Å²) in [6.07, 6.45) is 8.89. The van der Waals surface area contributed by atoms with E-state index in [1.807, 2.05) is 0 Å². The molecule has 16 heavy (non-hydrogen) atoms. The van der Waals surface area contributed by atoms with Crippen molar-refractivity contribution in [2.45, 2.75) is 38.5 Å². The van der Waals surface area contributed by atoms with Crippen LogP contribution < -0.4 is 5.32 Å². The van der Waals surface area contributed by atoms with Crippen LogP contribution >= 0.6 is 0 Å². The first-order chi connectivity index (χ1) is 7.22. The molecule has 1 N–H and O–H groups in total. The van der Waals surface area contributed by atoms with Gasteiger partial charge in [-0.2, -0.15) is 5.26 Å². The SMILES string of the molecule is N#CNC(=O)C12CC3CC(CC(C3)C1)C2.[K]. The maximum Gasteiger partial charge on any atom is 0.239 e. The predicted octanol–water partition coefficient (Wildman–Crippen LogP) is 1.42. The van der Waals surface area contributed by atoms with E-state index in [1.54, 1.807) is 6.19 Å². The van der Waals surface area contributed by atoms with E-state index in [1.165, 1.54) is 19.3 Å². The molecular weight excluding hydrogens is 227 g/mol. The maximum absolute atomic E-state index is 12.0. The second kappa shape index (κ2) is 4.70. The molecule has 0 saturated heterocycles. The Hall–Kier alpha value is 0.596. The van der Waals surface area contributed by atoms with Gasteiger partial charge in [-0.05, 0) is 56.3 Å². The van der Waals surface area contributed by atoms with Crippen LogP contribution in [0.2, 0.25) is 0 Å². The Morgan fingerprint density at radius 3 is 1.94 bits per heavy atom. The van der Waals surface area contributed by atoms with Gasteiger partial charge in [0, 0.05) is 51.4 Å². The minimum absolute atomic E-state index is 0. The molecule has 4 heteroatoms. The van der Waals surface area contributed by atoms with E-state index in [-0.39, 0.29) is 62.7 Å². The molecule has 0 aromatic carbocycles. The van der Waals surface area contributed by atoms with Gasteiger partial charge in [-0.3, -0.25) is 10.1 Å². The zero-order valence-corrected chi connectivity index (χ0v) is 13.0. The third-order valence-corrected chi connectivity index (χ3v) is 4.69. The zero-order valence-electron chi connectivity index (χ0n) is 9.83. The first kappa shape index (κ1) is 13.0. The molecule has 0 unspecified atom stereocenters. The predicted molar refractivity (Wildman–Crippen MR) is 60.1 cm³/mol. The second-order valence-corrected chi connectivity index (χ2v) is 5.76. The topological polar surface area (TPSA) is 52.9 Å². The van der Waals surface area contributed by atoms with Crippen molar-refractivity contribution in [2.24, 2.45) is 23.2 Å². The minimum atomic E-state index is -0.162. The van der Waals surface area contributed by atoms with E-state index in [4.69, 9.17) is 5.26 Å². The quantitative estimate of drug-likeness (QED) is 0.430. The number of rotatable bonds is 1. The second-order valence-electron chi connectivity index (χ2n) is 5.76. The number of nitrogens with one attached hydrogen (secondary N) is 1. The van der Waals surface area contributed by atoms with Crippen molar-refractivity contribution >= 4 is 57.3 Å². The van der Waals surface area contributed by atoms with Gasteiger partial charge in [-0.25, -0.2) is 0 Å². The molecule has 0 atom stereocenters. The Bertz CT molecular complexity index is 312. The molecular formula is C12H16KN2O. The van der Waals surface area contributed by atoms with Gasteiger partial charge in [0.15, 0.2) is 6.19 Å². The van der Waals surface area contributed by atoms with E-state index in [9.17, 15) is 4.79 Å². The normalized spacial score (nSPS) is 43.3. The Morgan fingerprint density at radius 1 is 1.12 bits per heavy atom. The molecule has 1 radical (unpaired) electrons. The third-order valence-electron chi connectivity index (χ3n) is 4.69. The van der Waals surface area contributed by atoms with Crippen LogP contribution in [0.4, 0.5) is 0 Å². The number of carbonyl (C=O) groups excluding carboxylic acids is 1. The van der Waals surface area contributed by atoms with Crippen molar-refractivity contribution in [3.05, 3.63) is 0 Å². The summed E-state index contributed by atoms with van der Waals surface area (Å²) < 4.78 is 0. The molecule has 81 valence electrons. The van der Waals surface area contributed by atoms with Crippen LogP contribution in [0.1, 0.15) is 38.5 Å². The van der Waals surface area contributed by atoms with Crippen LogP contribution in [-0.4, -0.2) is 57.3 Å². The Labute approximate surface area is 139 Å². The van der Waals surface area contributed by atoms with Crippen LogP contribution in [0.25, 0.3) is 0 Å². The summed E-state index contributed by atoms with van der Waals surface area (Å²) in [7, 11) is 0. The van der Waals surface area contributed by atoms with Crippen molar-refractivity contribution < 1.29 is 4.79 Å². The fraction of sp³-hybridized carbons (Fsp3) is 0.833. The molecule has 0 aliphatic heterocycles. The van der Waals surface area contributed by atoms with Gasteiger partial charge < -0.3 is 0 Å². The summed E-state index contributed by atoms with van der Waals surface area (Å²) in [6.45, 7) is 0. The van der Waals surface area contributed by atoms with Gasteiger partial charge in [0.25, 0.3) is 0 Å². The molecule has 0 aromatic rings. The first-order valence-corrected chi connectivity index (χ1v) is 5.91. The van der Waals surface area contributed by atoms with Crippen LogP contribution in [0, 0.1) is 34.6 Å². The van der Waals surface area contributed by atoms with Gasteiger partial charge in [-0.15, -0.1) is 0 Å². The fourth-order valence-corrected chi connectivity index (χ4v) is 4.57. The largest absolute Gasteiger partial charge is 0.273 e. The smallest absolute Gasteiger partial charge is 0.239 e. The number of carbonyl (C=O) groups is 1. The number of nitriles is 1. The van der Waals surface area contributed by atoms with Crippen LogP contribution in [0.5, 0.6) is 0 Å². The fourth-order valence-electron chi connectivity index (χ4n) is 4.57. The Morgan fingerprint density at radius 2 is 1.56 bits per heavy atom. The van der Waals surface area contributed by atoms with Gasteiger partial charge >= 0.3 is 0 Å². The molecule has 0 heterocycles. The molecule has 0 spiro atoms. The molecule has 3 nitrogen and oxygen atoms in total. The first-order valence-electron chi connectivity index (χ1n) is 5.91. The number of hydrogen-bond donors (Lipinski definition) is 1. The van der Waals surface area contributed by atoms with Crippen molar-refractivity contribution in [1.82, 2.24) is 5.32 Å². The summed E-state index contributed by atoms with van der Waals surface area (Å²) >= 11 is 0. The van der Waals surface area contributed by atoms with E-state index >= 15 is 0 Å². The summed E-state index contributed by atoms with van der Waals surface area (Å²) in [5, 5.41) is 10.9.